The first kappa shape index (κ1) is 23.8. The van der Waals surface area contributed by atoms with Crippen LogP contribution in [0.5, 0.6) is 5.75 Å². The highest BCUT2D eigenvalue weighted by molar-refractivity contribution is 7.09. The number of ketones is 1. The van der Waals surface area contributed by atoms with E-state index in [-0.39, 0.29) is 17.3 Å². The molecule has 0 spiro atoms. The van der Waals surface area contributed by atoms with E-state index >= 15 is 0 Å². The van der Waals surface area contributed by atoms with Crippen LogP contribution in [0.2, 0.25) is 0 Å². The zero-order chi connectivity index (χ0) is 24.4. The van der Waals surface area contributed by atoms with E-state index in [0.29, 0.717) is 18.7 Å². The molecule has 1 amide bonds. The maximum absolute atomic E-state index is 13.3. The molecular weight excluding hydrogens is 446 g/mol. The molecule has 3 aromatic rings. The second-order valence-electron chi connectivity index (χ2n) is 8.70. The van der Waals surface area contributed by atoms with E-state index in [4.69, 9.17) is 4.74 Å². The Hall–Kier alpha value is -3.38. The monoisotopic (exact) mass is 475 g/mol. The Bertz CT molecular complexity index is 1240. The number of amides is 1. The summed E-state index contributed by atoms with van der Waals surface area (Å²) >= 11 is 1.53. The van der Waals surface area contributed by atoms with E-state index in [0.717, 1.165) is 27.3 Å². The summed E-state index contributed by atoms with van der Waals surface area (Å²) in [6.45, 7) is 8.82. The van der Waals surface area contributed by atoms with Gasteiger partial charge >= 0.3 is 0 Å². The number of aryl methyl sites for hydroxylation is 1. The fraction of sp³-hybridized carbons (Fsp3) is 0.286. The number of ether oxygens (including phenoxy) is 1. The van der Waals surface area contributed by atoms with Crippen molar-refractivity contribution in [3.63, 3.8) is 0 Å². The number of aliphatic hydroxyl groups excluding tert-OH is 1. The van der Waals surface area contributed by atoms with Gasteiger partial charge in [0.15, 0.2) is 0 Å². The quantitative estimate of drug-likeness (QED) is 0.251. The average Bonchev–Trinajstić information content (AvgIpc) is 3.42. The number of thiophene rings is 1. The highest BCUT2D eigenvalue weighted by atomic mass is 32.1. The van der Waals surface area contributed by atoms with Crippen LogP contribution in [-0.2, 0) is 16.1 Å². The van der Waals surface area contributed by atoms with E-state index in [1.807, 2.05) is 67.8 Å². The van der Waals surface area contributed by atoms with Crippen molar-refractivity contribution in [3.8, 4) is 5.75 Å². The Kier molecular flexibility index (Phi) is 6.89. The number of nitrogens with zero attached hydrogens (tertiary/aromatic N) is 1. The van der Waals surface area contributed by atoms with Gasteiger partial charge in [-0.25, -0.2) is 0 Å². The summed E-state index contributed by atoms with van der Waals surface area (Å²) in [5.41, 5.74) is 3.33. The fourth-order valence-electron chi connectivity index (χ4n) is 4.42. The minimum atomic E-state index is -0.669. The number of rotatable bonds is 7. The molecule has 1 aliphatic heterocycles. The second kappa shape index (κ2) is 9.85. The van der Waals surface area contributed by atoms with Crippen molar-refractivity contribution in [3.05, 3.63) is 92.7 Å². The zero-order valence-corrected chi connectivity index (χ0v) is 20.7. The Morgan fingerprint density at radius 1 is 1.12 bits per heavy atom. The van der Waals surface area contributed by atoms with E-state index in [9.17, 15) is 14.7 Å². The van der Waals surface area contributed by atoms with Crippen LogP contribution in [0.3, 0.4) is 0 Å². The Morgan fingerprint density at radius 2 is 1.88 bits per heavy atom. The van der Waals surface area contributed by atoms with Crippen molar-refractivity contribution in [1.82, 2.24) is 4.90 Å². The van der Waals surface area contributed by atoms with Crippen LogP contribution >= 0.6 is 11.3 Å². The molecule has 1 unspecified atom stereocenters. The van der Waals surface area contributed by atoms with Crippen LogP contribution in [-0.4, -0.2) is 28.3 Å². The van der Waals surface area contributed by atoms with E-state index in [1.165, 1.54) is 11.3 Å². The Morgan fingerprint density at radius 3 is 2.53 bits per heavy atom. The molecule has 2 heterocycles. The van der Waals surface area contributed by atoms with Crippen LogP contribution in [0.25, 0.3) is 5.76 Å². The molecule has 0 bridgehead atoms. The molecule has 1 fully saturated rings. The largest absolute Gasteiger partial charge is 0.507 e. The molecule has 1 N–H and O–H groups in total. The van der Waals surface area contributed by atoms with Gasteiger partial charge in [0.1, 0.15) is 11.5 Å². The van der Waals surface area contributed by atoms with Crippen LogP contribution < -0.4 is 4.74 Å². The summed E-state index contributed by atoms with van der Waals surface area (Å²) in [4.78, 5) is 29.1. The number of carbonyl (C=O) groups excluding carboxylic acids is 2. The summed E-state index contributed by atoms with van der Waals surface area (Å²) in [5, 5.41) is 13.4. The lowest BCUT2D eigenvalue weighted by Crippen LogP contribution is -2.29. The van der Waals surface area contributed by atoms with Gasteiger partial charge in [-0.2, -0.15) is 0 Å². The predicted octanol–water partition coefficient (Wildman–Crippen LogP) is 6.20. The highest BCUT2D eigenvalue weighted by Gasteiger charge is 2.46. The van der Waals surface area contributed by atoms with Crippen molar-refractivity contribution in [2.75, 3.05) is 6.61 Å². The van der Waals surface area contributed by atoms with E-state index in [2.05, 4.69) is 13.8 Å². The number of hydrogen-bond acceptors (Lipinski definition) is 5. The van der Waals surface area contributed by atoms with Gasteiger partial charge in [-0.1, -0.05) is 44.2 Å². The average molecular weight is 476 g/mol. The molecule has 5 nitrogen and oxygen atoms in total. The third-order valence-electron chi connectivity index (χ3n) is 6.13. The lowest BCUT2D eigenvalue weighted by atomic mass is 9.91. The van der Waals surface area contributed by atoms with Crippen molar-refractivity contribution in [2.45, 2.75) is 46.2 Å². The molecule has 2 aromatic carbocycles. The minimum Gasteiger partial charge on any atom is -0.507 e. The van der Waals surface area contributed by atoms with Gasteiger partial charge in [-0.15, -0.1) is 11.3 Å². The summed E-state index contributed by atoms with van der Waals surface area (Å²) in [6.07, 6.45) is 0. The van der Waals surface area contributed by atoms with Gasteiger partial charge in [0.2, 0.25) is 0 Å². The topological polar surface area (TPSA) is 66.8 Å². The molecule has 0 radical (unpaired) electrons. The van der Waals surface area contributed by atoms with Gasteiger partial charge < -0.3 is 14.7 Å². The molecule has 1 atom stereocenters. The summed E-state index contributed by atoms with van der Waals surface area (Å²) in [7, 11) is 0. The number of benzene rings is 2. The molecule has 4 rings (SSSR count). The number of carbonyl (C=O) groups is 2. The lowest BCUT2D eigenvalue weighted by Gasteiger charge is -2.26. The standard InChI is InChI=1S/C28H29NO4S/c1-5-33-23-13-12-19(15-22(23)17(2)3)26(30)24-25(21-11-7-6-9-18(21)4)29(28(32)27(24)31)16-20-10-8-14-34-20/h6-15,17,25,30H,5,16H2,1-4H3/b26-24+. The number of Topliss-reactive ketones (excluding diaryl/α,β-unsaturated/α-hetero) is 1. The first-order valence-electron chi connectivity index (χ1n) is 11.5. The van der Waals surface area contributed by atoms with Gasteiger partial charge in [0.25, 0.3) is 11.7 Å². The predicted molar refractivity (Wildman–Crippen MR) is 135 cm³/mol. The third-order valence-corrected chi connectivity index (χ3v) is 7.00. The normalized spacial score (nSPS) is 17.6. The van der Waals surface area contributed by atoms with Crippen molar-refractivity contribution >= 4 is 28.8 Å². The second-order valence-corrected chi connectivity index (χ2v) is 9.74. The van der Waals surface area contributed by atoms with Crippen molar-refractivity contribution in [2.24, 2.45) is 0 Å². The Labute approximate surface area is 204 Å². The molecular formula is C28H29NO4S. The Balaban J connectivity index is 1.88. The molecule has 1 aromatic heterocycles. The van der Waals surface area contributed by atoms with Gasteiger partial charge in [-0.3, -0.25) is 9.59 Å². The third kappa shape index (κ3) is 4.38. The maximum atomic E-state index is 13.3. The summed E-state index contributed by atoms with van der Waals surface area (Å²) in [6, 6.07) is 16.3. The van der Waals surface area contributed by atoms with Gasteiger partial charge in [-0.05, 0) is 66.1 Å². The van der Waals surface area contributed by atoms with E-state index < -0.39 is 17.7 Å². The number of likely N-dealkylation sites (tertiary alicyclic amines) is 1. The molecule has 1 saturated heterocycles. The smallest absolute Gasteiger partial charge is 0.295 e. The minimum absolute atomic E-state index is 0.120. The van der Waals surface area contributed by atoms with Crippen LogP contribution in [0.15, 0.2) is 65.6 Å². The zero-order valence-electron chi connectivity index (χ0n) is 19.9. The molecule has 1 aliphatic rings. The van der Waals surface area contributed by atoms with Crippen molar-refractivity contribution < 1.29 is 19.4 Å². The van der Waals surface area contributed by atoms with Crippen molar-refractivity contribution in [1.29, 1.82) is 0 Å². The number of aliphatic hydroxyl groups is 1. The van der Waals surface area contributed by atoms with Gasteiger partial charge in [0.05, 0.1) is 24.8 Å². The summed E-state index contributed by atoms with van der Waals surface area (Å²) in [5.74, 6) is -0.518. The fourth-order valence-corrected chi connectivity index (χ4v) is 5.12. The maximum Gasteiger partial charge on any atom is 0.295 e. The van der Waals surface area contributed by atoms with E-state index in [1.54, 1.807) is 11.0 Å². The number of hydrogen-bond donors (Lipinski definition) is 1. The van der Waals surface area contributed by atoms with Gasteiger partial charge in [0, 0.05) is 10.4 Å². The molecule has 176 valence electrons. The highest BCUT2D eigenvalue weighted by Crippen LogP contribution is 2.42. The lowest BCUT2D eigenvalue weighted by molar-refractivity contribution is -0.140. The first-order chi connectivity index (χ1) is 16.3. The van der Waals surface area contributed by atoms with Crippen LogP contribution in [0.1, 0.15) is 59.9 Å². The van der Waals surface area contributed by atoms with Crippen LogP contribution in [0, 0.1) is 6.92 Å². The molecule has 6 heteroatoms. The summed E-state index contributed by atoms with van der Waals surface area (Å²) < 4.78 is 5.75. The molecule has 0 aliphatic carbocycles. The SMILES string of the molecule is CCOc1ccc(/C(O)=C2\C(=O)C(=O)N(Cc3cccs3)C2c2ccccc2C)cc1C(C)C. The molecule has 34 heavy (non-hydrogen) atoms. The van der Waals surface area contributed by atoms with Crippen LogP contribution in [0.4, 0.5) is 0 Å². The first-order valence-corrected chi connectivity index (χ1v) is 12.3. The molecule has 0 saturated carbocycles.